The minimum absolute atomic E-state index is 0.869. The molecule has 3 heteroatoms. The molecule has 0 N–H and O–H groups in total. The molecule has 0 fully saturated rings. The largest absolute Gasteiger partial charge is 0.464 e. The molecule has 28 heavy (non-hydrogen) atoms. The van der Waals surface area contributed by atoms with E-state index in [9.17, 15) is 0 Å². The number of benzene rings is 4. The third kappa shape index (κ3) is 2.13. The van der Waals surface area contributed by atoms with E-state index < -0.39 is 0 Å². The van der Waals surface area contributed by atoms with Crippen LogP contribution in [0.2, 0.25) is 0 Å². The smallest absolute Gasteiger partial charge is 0.149 e. The first kappa shape index (κ1) is 15.2. The fourth-order valence-corrected chi connectivity index (χ4v) is 4.00. The van der Waals surface area contributed by atoms with Gasteiger partial charge in [0.05, 0.1) is 22.3 Å². The average Bonchev–Trinajstić information content (AvgIpc) is 3.34. The molecule has 0 aliphatic rings. The van der Waals surface area contributed by atoms with Gasteiger partial charge in [-0.1, -0.05) is 66.7 Å². The number of aromatic nitrogens is 2. The Bertz CT molecular complexity index is 1470. The quantitative estimate of drug-likeness (QED) is 0.349. The summed E-state index contributed by atoms with van der Waals surface area (Å²) < 4.78 is 8.07. The molecule has 0 radical (unpaired) electrons. The SMILES string of the molecule is c1ccc2c(-n3c(-c4coc5ccccc45)nc4ccccc43)cccc2c1. The Morgan fingerprint density at radius 1 is 0.679 bits per heavy atom. The van der Waals surface area contributed by atoms with Gasteiger partial charge in [-0.3, -0.25) is 4.57 Å². The van der Waals surface area contributed by atoms with Crippen LogP contribution in [0, 0.1) is 0 Å². The van der Waals surface area contributed by atoms with Crippen LogP contribution in [0.5, 0.6) is 0 Å². The van der Waals surface area contributed by atoms with Crippen molar-refractivity contribution in [1.29, 1.82) is 0 Å². The fraction of sp³-hybridized carbons (Fsp3) is 0. The molecule has 0 aliphatic carbocycles. The Balaban J connectivity index is 1.76. The number of hydrogen-bond acceptors (Lipinski definition) is 2. The van der Waals surface area contributed by atoms with Gasteiger partial charge in [0.1, 0.15) is 17.7 Å². The normalized spacial score (nSPS) is 11.6. The van der Waals surface area contributed by atoms with E-state index in [2.05, 4.69) is 71.3 Å². The van der Waals surface area contributed by atoms with Crippen molar-refractivity contribution in [1.82, 2.24) is 9.55 Å². The molecular formula is C25H16N2O. The molecule has 0 atom stereocenters. The van der Waals surface area contributed by atoms with E-state index in [1.807, 2.05) is 30.5 Å². The van der Waals surface area contributed by atoms with Crippen LogP contribution in [0.25, 0.3) is 49.9 Å². The van der Waals surface area contributed by atoms with E-state index in [1.165, 1.54) is 10.8 Å². The molecule has 4 aromatic carbocycles. The van der Waals surface area contributed by atoms with E-state index in [-0.39, 0.29) is 0 Å². The zero-order chi connectivity index (χ0) is 18.5. The van der Waals surface area contributed by atoms with Gasteiger partial charge in [-0.15, -0.1) is 0 Å². The highest BCUT2D eigenvalue weighted by Gasteiger charge is 2.19. The maximum Gasteiger partial charge on any atom is 0.149 e. The number of hydrogen-bond donors (Lipinski definition) is 0. The van der Waals surface area contributed by atoms with Crippen molar-refractivity contribution in [2.24, 2.45) is 0 Å². The van der Waals surface area contributed by atoms with E-state index in [4.69, 9.17) is 9.40 Å². The molecule has 6 rings (SSSR count). The monoisotopic (exact) mass is 360 g/mol. The van der Waals surface area contributed by atoms with Gasteiger partial charge in [-0.2, -0.15) is 0 Å². The van der Waals surface area contributed by atoms with Gasteiger partial charge in [0.2, 0.25) is 0 Å². The second kappa shape index (κ2) is 5.83. The van der Waals surface area contributed by atoms with E-state index in [0.717, 1.165) is 39.1 Å². The van der Waals surface area contributed by atoms with Crippen LogP contribution in [-0.2, 0) is 0 Å². The Morgan fingerprint density at radius 2 is 1.43 bits per heavy atom. The molecule has 0 amide bonds. The second-order valence-corrected chi connectivity index (χ2v) is 6.90. The highest BCUT2D eigenvalue weighted by atomic mass is 16.3. The zero-order valence-electron chi connectivity index (χ0n) is 15.0. The summed E-state index contributed by atoms with van der Waals surface area (Å²) in [4.78, 5) is 4.99. The molecule has 2 aromatic heterocycles. The van der Waals surface area contributed by atoms with Gasteiger partial charge in [-0.05, 0) is 29.7 Å². The Kier molecular flexibility index (Phi) is 3.17. The Labute approximate surface area is 161 Å². The molecule has 0 unspecified atom stereocenters. The van der Waals surface area contributed by atoms with Gasteiger partial charge in [0, 0.05) is 10.8 Å². The van der Waals surface area contributed by atoms with Crippen molar-refractivity contribution in [2.45, 2.75) is 0 Å². The molecule has 0 spiro atoms. The van der Waals surface area contributed by atoms with Crippen molar-refractivity contribution in [3.05, 3.63) is 97.3 Å². The zero-order valence-corrected chi connectivity index (χ0v) is 15.0. The summed E-state index contributed by atoms with van der Waals surface area (Å²) in [6.07, 6.45) is 1.81. The third-order valence-electron chi connectivity index (χ3n) is 5.29. The van der Waals surface area contributed by atoms with E-state index in [0.29, 0.717) is 0 Å². The first-order chi connectivity index (χ1) is 13.9. The predicted molar refractivity (Wildman–Crippen MR) is 114 cm³/mol. The van der Waals surface area contributed by atoms with Crippen molar-refractivity contribution < 1.29 is 4.42 Å². The molecule has 132 valence electrons. The van der Waals surface area contributed by atoms with Gasteiger partial charge < -0.3 is 4.42 Å². The molecule has 0 aliphatic heterocycles. The fourth-order valence-electron chi connectivity index (χ4n) is 4.00. The van der Waals surface area contributed by atoms with Gasteiger partial charge in [0.25, 0.3) is 0 Å². The van der Waals surface area contributed by atoms with Gasteiger partial charge in [-0.25, -0.2) is 4.98 Å². The lowest BCUT2D eigenvalue weighted by Gasteiger charge is -2.12. The number of nitrogens with zero attached hydrogens (tertiary/aromatic N) is 2. The predicted octanol–water partition coefficient (Wildman–Crippen LogP) is 6.59. The number of para-hydroxylation sites is 3. The summed E-state index contributed by atoms with van der Waals surface area (Å²) in [7, 11) is 0. The average molecular weight is 360 g/mol. The molecule has 3 nitrogen and oxygen atoms in total. The molecule has 0 saturated carbocycles. The summed E-state index contributed by atoms with van der Waals surface area (Å²) in [6, 6.07) is 31.2. The lowest BCUT2D eigenvalue weighted by Crippen LogP contribution is -1.98. The van der Waals surface area contributed by atoms with Crippen LogP contribution < -0.4 is 0 Å². The number of rotatable bonds is 2. The lowest BCUT2D eigenvalue weighted by molar-refractivity contribution is 0.616. The van der Waals surface area contributed by atoms with Crippen LogP contribution in [0.3, 0.4) is 0 Å². The minimum Gasteiger partial charge on any atom is -0.464 e. The van der Waals surface area contributed by atoms with Gasteiger partial charge >= 0.3 is 0 Å². The van der Waals surface area contributed by atoms with Crippen LogP contribution in [0.1, 0.15) is 0 Å². The van der Waals surface area contributed by atoms with Crippen LogP contribution >= 0.6 is 0 Å². The highest BCUT2D eigenvalue weighted by molar-refractivity contribution is 5.98. The maximum absolute atomic E-state index is 5.82. The standard InChI is InChI=1S/C25H16N2O/c1-2-10-18-17(8-1)9-7-14-22(18)27-23-13-5-4-12-21(23)26-25(27)20-16-28-24-15-6-3-11-19(20)24/h1-16H. The maximum atomic E-state index is 5.82. The number of imidazole rings is 1. The van der Waals surface area contributed by atoms with E-state index in [1.54, 1.807) is 0 Å². The first-order valence-electron chi connectivity index (χ1n) is 9.32. The summed E-state index contributed by atoms with van der Waals surface area (Å²) in [6.45, 7) is 0. The highest BCUT2D eigenvalue weighted by Crippen LogP contribution is 2.36. The van der Waals surface area contributed by atoms with Crippen molar-refractivity contribution in [3.63, 3.8) is 0 Å². The Hall–Kier alpha value is -3.85. The van der Waals surface area contributed by atoms with Crippen molar-refractivity contribution >= 4 is 32.8 Å². The topological polar surface area (TPSA) is 31.0 Å². The van der Waals surface area contributed by atoms with Crippen LogP contribution in [0.4, 0.5) is 0 Å². The number of furan rings is 1. The van der Waals surface area contributed by atoms with Crippen molar-refractivity contribution in [3.8, 4) is 17.1 Å². The summed E-state index contributed by atoms with van der Waals surface area (Å²) in [5.41, 5.74) is 5.04. The summed E-state index contributed by atoms with van der Waals surface area (Å²) in [5.74, 6) is 0.891. The van der Waals surface area contributed by atoms with E-state index >= 15 is 0 Å². The Morgan fingerprint density at radius 3 is 2.39 bits per heavy atom. The second-order valence-electron chi connectivity index (χ2n) is 6.90. The molecule has 6 aromatic rings. The molecule has 2 heterocycles. The molecule has 0 bridgehead atoms. The van der Waals surface area contributed by atoms with Crippen molar-refractivity contribution in [2.75, 3.05) is 0 Å². The third-order valence-corrected chi connectivity index (χ3v) is 5.29. The van der Waals surface area contributed by atoms with Gasteiger partial charge in [0.15, 0.2) is 0 Å². The minimum atomic E-state index is 0.869. The summed E-state index contributed by atoms with van der Waals surface area (Å²) >= 11 is 0. The number of fused-ring (bicyclic) bond motifs is 3. The molecular weight excluding hydrogens is 344 g/mol. The van der Waals surface area contributed by atoms with Crippen LogP contribution in [0.15, 0.2) is 102 Å². The molecule has 0 saturated heterocycles. The first-order valence-corrected chi connectivity index (χ1v) is 9.32. The summed E-state index contributed by atoms with van der Waals surface area (Å²) in [5, 5.41) is 3.47. The van der Waals surface area contributed by atoms with Crippen LogP contribution in [-0.4, -0.2) is 9.55 Å². The lowest BCUT2D eigenvalue weighted by atomic mass is 10.1.